The number of aliphatic hydroxyl groups is 1. The molecule has 0 saturated carbocycles. The van der Waals surface area contributed by atoms with Crippen molar-refractivity contribution < 1.29 is 23.1 Å². The molecule has 0 spiro atoms. The molecule has 0 aliphatic rings. The quantitative estimate of drug-likeness (QED) is 0.842. The molecule has 7 heteroatoms. The second-order valence-electron chi connectivity index (χ2n) is 3.69. The molecule has 1 rings (SSSR count). The number of nitrogens with zero attached hydrogens (tertiary/aromatic N) is 1. The lowest BCUT2D eigenvalue weighted by Gasteiger charge is -2.14. The summed E-state index contributed by atoms with van der Waals surface area (Å²) >= 11 is 0. The van der Waals surface area contributed by atoms with Crippen LogP contribution in [0.2, 0.25) is 0 Å². The number of nitrogens with one attached hydrogen (secondary N) is 1. The van der Waals surface area contributed by atoms with Gasteiger partial charge in [-0.1, -0.05) is 0 Å². The lowest BCUT2D eigenvalue weighted by molar-refractivity contribution is -0.140. The van der Waals surface area contributed by atoms with Gasteiger partial charge < -0.3 is 15.0 Å². The number of aliphatic hydroxyl groups excluding tert-OH is 1. The molecule has 1 atom stereocenters. The third-order valence-corrected chi connectivity index (χ3v) is 2.06. The summed E-state index contributed by atoms with van der Waals surface area (Å²) in [6.07, 6.45) is -3.19. The van der Waals surface area contributed by atoms with Crippen molar-refractivity contribution in [2.24, 2.45) is 0 Å². The van der Waals surface area contributed by atoms with Crippen molar-refractivity contribution in [3.8, 4) is 0 Å². The van der Waals surface area contributed by atoms with Gasteiger partial charge in [0.05, 0.1) is 6.61 Å². The highest BCUT2D eigenvalue weighted by atomic mass is 19.4. The Morgan fingerprint density at radius 2 is 2.24 bits per heavy atom. The summed E-state index contributed by atoms with van der Waals surface area (Å²) in [5.41, 5.74) is -0.0809. The van der Waals surface area contributed by atoms with Crippen LogP contribution in [0.4, 0.5) is 13.2 Å². The van der Waals surface area contributed by atoms with Gasteiger partial charge in [0, 0.05) is 12.2 Å². The normalized spacial score (nSPS) is 13.5. The second-order valence-corrected chi connectivity index (χ2v) is 3.69. The molecule has 4 nitrogen and oxygen atoms in total. The molecule has 0 fully saturated rings. The first-order valence-electron chi connectivity index (χ1n) is 4.97. The van der Waals surface area contributed by atoms with E-state index in [2.05, 4.69) is 5.32 Å². The van der Waals surface area contributed by atoms with E-state index in [0.29, 0.717) is 0 Å². The number of aromatic nitrogens is 1. The number of alkyl halides is 3. The van der Waals surface area contributed by atoms with E-state index < -0.39 is 24.7 Å². The fourth-order valence-electron chi connectivity index (χ4n) is 1.29. The monoisotopic (exact) mass is 250 g/mol. The Morgan fingerprint density at radius 3 is 2.76 bits per heavy atom. The van der Waals surface area contributed by atoms with Crippen molar-refractivity contribution >= 4 is 5.91 Å². The van der Waals surface area contributed by atoms with Gasteiger partial charge in [-0.3, -0.25) is 4.79 Å². The van der Waals surface area contributed by atoms with Gasteiger partial charge in [0.25, 0.3) is 5.91 Å². The van der Waals surface area contributed by atoms with Gasteiger partial charge >= 0.3 is 6.18 Å². The molecule has 2 N–H and O–H groups in total. The van der Waals surface area contributed by atoms with Crippen LogP contribution in [0.15, 0.2) is 18.3 Å². The number of hydrogen-bond donors (Lipinski definition) is 2. The zero-order chi connectivity index (χ0) is 13.1. The first-order chi connectivity index (χ1) is 7.83. The maximum absolute atomic E-state index is 12.2. The van der Waals surface area contributed by atoms with Crippen LogP contribution < -0.4 is 5.32 Å². The van der Waals surface area contributed by atoms with Gasteiger partial charge in [0.15, 0.2) is 0 Å². The summed E-state index contributed by atoms with van der Waals surface area (Å²) in [5.74, 6) is -0.638. The molecule has 1 aromatic heterocycles. The van der Waals surface area contributed by atoms with Crippen LogP contribution in [0.5, 0.6) is 0 Å². The third kappa shape index (κ3) is 4.10. The van der Waals surface area contributed by atoms with Crippen molar-refractivity contribution in [2.45, 2.75) is 25.7 Å². The van der Waals surface area contributed by atoms with Gasteiger partial charge in [0.2, 0.25) is 0 Å². The van der Waals surface area contributed by atoms with Gasteiger partial charge in [-0.2, -0.15) is 13.2 Å². The molecule has 96 valence electrons. The number of rotatable bonds is 4. The van der Waals surface area contributed by atoms with Crippen LogP contribution in [0.25, 0.3) is 0 Å². The third-order valence-electron chi connectivity index (χ3n) is 2.06. The summed E-state index contributed by atoms with van der Waals surface area (Å²) < 4.78 is 37.4. The van der Waals surface area contributed by atoms with E-state index in [1.54, 1.807) is 6.92 Å². The molecule has 17 heavy (non-hydrogen) atoms. The van der Waals surface area contributed by atoms with E-state index in [9.17, 15) is 18.0 Å². The number of carbonyl (C=O) groups is 1. The maximum atomic E-state index is 12.2. The molecular formula is C10H13F3N2O2. The van der Waals surface area contributed by atoms with Crippen molar-refractivity contribution in [3.63, 3.8) is 0 Å². The highest BCUT2D eigenvalue weighted by Crippen LogP contribution is 2.19. The number of halogens is 3. The van der Waals surface area contributed by atoms with Crippen molar-refractivity contribution in [1.82, 2.24) is 9.88 Å². The van der Waals surface area contributed by atoms with E-state index in [4.69, 9.17) is 5.11 Å². The molecule has 0 aliphatic carbocycles. The summed E-state index contributed by atoms with van der Waals surface area (Å²) in [6.45, 7) is 0.0664. The van der Waals surface area contributed by atoms with E-state index in [-0.39, 0.29) is 12.3 Å². The lowest BCUT2D eigenvalue weighted by atomic mass is 10.3. The lowest BCUT2D eigenvalue weighted by Crippen LogP contribution is -2.36. The van der Waals surface area contributed by atoms with Crippen LogP contribution in [-0.4, -0.2) is 34.4 Å². The van der Waals surface area contributed by atoms with E-state index >= 15 is 0 Å². The topological polar surface area (TPSA) is 54.3 Å². The molecule has 0 aromatic carbocycles. The molecule has 1 unspecified atom stereocenters. The Bertz CT molecular complexity index is 387. The predicted octanol–water partition coefficient (Wildman–Crippen LogP) is 1.16. The van der Waals surface area contributed by atoms with E-state index in [1.165, 1.54) is 18.3 Å². The molecule has 0 aliphatic heterocycles. The largest absolute Gasteiger partial charge is 0.406 e. The van der Waals surface area contributed by atoms with Gasteiger partial charge in [-0.05, 0) is 19.1 Å². The highest BCUT2D eigenvalue weighted by Gasteiger charge is 2.29. The van der Waals surface area contributed by atoms with Crippen LogP contribution in [-0.2, 0) is 6.54 Å². The molecule has 1 aromatic rings. The average molecular weight is 250 g/mol. The zero-order valence-electron chi connectivity index (χ0n) is 9.16. The van der Waals surface area contributed by atoms with Crippen LogP contribution in [0.3, 0.4) is 0 Å². The molecule has 0 radical (unpaired) electrons. The van der Waals surface area contributed by atoms with Crippen molar-refractivity contribution in [1.29, 1.82) is 0 Å². The maximum Gasteiger partial charge on any atom is 0.406 e. The Balaban J connectivity index is 2.78. The van der Waals surface area contributed by atoms with Gasteiger partial charge in [0.1, 0.15) is 12.2 Å². The standard InChI is InChI=1S/C10H13F3N2O2/c1-7(5-16)14-9(17)8-3-2-4-15(8)6-10(11,12)13/h2-4,7,16H,5-6H2,1H3,(H,14,17). The Kier molecular flexibility index (Phi) is 4.17. The Labute approximate surface area is 96.0 Å². The fourth-order valence-corrected chi connectivity index (χ4v) is 1.29. The number of amides is 1. The van der Waals surface area contributed by atoms with Crippen LogP contribution in [0.1, 0.15) is 17.4 Å². The predicted molar refractivity (Wildman–Crippen MR) is 54.5 cm³/mol. The SMILES string of the molecule is CC(CO)NC(=O)c1cccn1CC(F)(F)F. The summed E-state index contributed by atoms with van der Waals surface area (Å²) in [4.78, 5) is 11.6. The second kappa shape index (κ2) is 5.22. The van der Waals surface area contributed by atoms with Crippen molar-refractivity contribution in [2.75, 3.05) is 6.61 Å². The smallest absolute Gasteiger partial charge is 0.394 e. The summed E-state index contributed by atoms with van der Waals surface area (Å²) in [5, 5.41) is 11.1. The number of carbonyl (C=O) groups excluding carboxylic acids is 1. The molecular weight excluding hydrogens is 237 g/mol. The van der Waals surface area contributed by atoms with Gasteiger partial charge in [-0.25, -0.2) is 0 Å². The Hall–Kier alpha value is -1.50. The molecule has 0 saturated heterocycles. The molecule has 0 bridgehead atoms. The highest BCUT2D eigenvalue weighted by molar-refractivity contribution is 5.92. The summed E-state index contributed by atoms with van der Waals surface area (Å²) in [7, 11) is 0. The Morgan fingerprint density at radius 1 is 1.59 bits per heavy atom. The minimum absolute atomic E-state index is 0.0809. The van der Waals surface area contributed by atoms with E-state index in [1.807, 2.05) is 0 Å². The fraction of sp³-hybridized carbons (Fsp3) is 0.500. The average Bonchev–Trinajstić information content (AvgIpc) is 2.62. The minimum atomic E-state index is -4.38. The first kappa shape index (κ1) is 13.6. The minimum Gasteiger partial charge on any atom is -0.394 e. The van der Waals surface area contributed by atoms with Gasteiger partial charge in [-0.15, -0.1) is 0 Å². The molecule has 1 heterocycles. The van der Waals surface area contributed by atoms with Crippen molar-refractivity contribution in [3.05, 3.63) is 24.0 Å². The number of hydrogen-bond acceptors (Lipinski definition) is 2. The first-order valence-corrected chi connectivity index (χ1v) is 4.97. The van der Waals surface area contributed by atoms with Crippen LogP contribution >= 0.6 is 0 Å². The van der Waals surface area contributed by atoms with Crippen LogP contribution in [0, 0.1) is 0 Å². The van der Waals surface area contributed by atoms with E-state index in [0.717, 1.165) is 4.57 Å². The zero-order valence-corrected chi connectivity index (χ0v) is 9.16. The molecule has 1 amide bonds. The summed E-state index contributed by atoms with van der Waals surface area (Å²) in [6, 6.07) is 2.16.